The Morgan fingerprint density at radius 3 is 2.19 bits per heavy atom. The van der Waals surface area contributed by atoms with Gasteiger partial charge in [-0.3, -0.25) is 4.79 Å². The molecule has 0 aliphatic rings. The Morgan fingerprint density at radius 2 is 1.81 bits per heavy atom. The van der Waals surface area contributed by atoms with Crippen LogP contribution >= 0.6 is 0 Å². The van der Waals surface area contributed by atoms with Gasteiger partial charge in [0.1, 0.15) is 6.04 Å². The van der Waals surface area contributed by atoms with E-state index in [1.165, 1.54) is 7.05 Å². The van der Waals surface area contributed by atoms with Crippen molar-refractivity contribution in [2.24, 2.45) is 5.73 Å². The summed E-state index contributed by atoms with van der Waals surface area (Å²) in [6.45, 7) is 0. The molecular weight excluding hydrogens is 228 g/mol. The minimum atomic E-state index is -3.46. The van der Waals surface area contributed by atoms with Gasteiger partial charge < -0.3 is 5.73 Å². The van der Waals surface area contributed by atoms with Crippen LogP contribution in [-0.4, -0.2) is 31.9 Å². The van der Waals surface area contributed by atoms with Gasteiger partial charge in [0.15, 0.2) is 0 Å². The lowest BCUT2D eigenvalue weighted by Gasteiger charge is -2.23. The predicted octanol–water partition coefficient (Wildman–Crippen LogP) is 0.104. The molecule has 0 fully saturated rings. The van der Waals surface area contributed by atoms with Crippen LogP contribution in [0.4, 0.5) is 0 Å². The second-order valence-electron chi connectivity index (χ2n) is 3.49. The van der Waals surface area contributed by atoms with Crippen molar-refractivity contribution < 1.29 is 13.2 Å². The van der Waals surface area contributed by atoms with Gasteiger partial charge in [0.05, 0.1) is 6.26 Å². The number of nitrogens with zero attached hydrogens (tertiary/aromatic N) is 1. The van der Waals surface area contributed by atoms with E-state index in [0.29, 0.717) is 5.56 Å². The third-order valence-corrected chi connectivity index (χ3v) is 3.53. The van der Waals surface area contributed by atoms with E-state index in [9.17, 15) is 13.2 Å². The monoisotopic (exact) mass is 242 g/mol. The third-order valence-electron chi connectivity index (χ3n) is 2.27. The van der Waals surface area contributed by atoms with Gasteiger partial charge in [0.25, 0.3) is 0 Å². The smallest absolute Gasteiger partial charge is 0.240 e. The van der Waals surface area contributed by atoms with E-state index >= 15 is 0 Å². The molecule has 1 aromatic carbocycles. The number of sulfonamides is 1. The summed E-state index contributed by atoms with van der Waals surface area (Å²) in [5.74, 6) is -0.695. The largest absolute Gasteiger partial charge is 0.368 e. The minimum Gasteiger partial charge on any atom is -0.368 e. The van der Waals surface area contributed by atoms with Gasteiger partial charge in [0.2, 0.25) is 15.9 Å². The standard InChI is InChI=1S/C10H14N2O3S/c1-12(16(2,14)15)9(10(11)13)8-6-4-3-5-7-8/h3-7,9H,1-2H3,(H2,11,13)/t9-/m1/s1. The third kappa shape index (κ3) is 2.80. The number of amides is 1. The van der Waals surface area contributed by atoms with Crippen LogP contribution in [0.3, 0.4) is 0 Å². The topological polar surface area (TPSA) is 80.5 Å². The summed E-state index contributed by atoms with van der Waals surface area (Å²) < 4.78 is 23.7. The highest BCUT2D eigenvalue weighted by molar-refractivity contribution is 7.88. The van der Waals surface area contributed by atoms with Crippen LogP contribution in [0.15, 0.2) is 30.3 Å². The summed E-state index contributed by atoms with van der Waals surface area (Å²) >= 11 is 0. The number of rotatable bonds is 4. The van der Waals surface area contributed by atoms with E-state index < -0.39 is 22.0 Å². The van der Waals surface area contributed by atoms with Gasteiger partial charge in [-0.05, 0) is 5.56 Å². The number of primary amides is 1. The molecule has 88 valence electrons. The Morgan fingerprint density at radius 1 is 1.31 bits per heavy atom. The maximum absolute atomic E-state index is 11.4. The molecule has 1 amide bonds. The van der Waals surface area contributed by atoms with E-state index in [0.717, 1.165) is 10.6 Å². The molecule has 0 saturated heterocycles. The second-order valence-corrected chi connectivity index (χ2v) is 5.54. The van der Waals surface area contributed by atoms with Crippen LogP contribution in [0.1, 0.15) is 11.6 Å². The van der Waals surface area contributed by atoms with Crippen molar-refractivity contribution in [2.75, 3.05) is 13.3 Å². The quantitative estimate of drug-likeness (QED) is 0.813. The zero-order chi connectivity index (χ0) is 12.3. The summed E-state index contributed by atoms with van der Waals surface area (Å²) in [7, 11) is -2.13. The summed E-state index contributed by atoms with van der Waals surface area (Å²) in [6, 6.07) is 7.59. The molecule has 6 heteroatoms. The number of carbonyl (C=O) groups is 1. The fourth-order valence-electron chi connectivity index (χ4n) is 1.38. The SMILES string of the molecule is CN([C@@H](C(N)=O)c1ccccc1)S(C)(=O)=O. The number of hydrogen-bond donors (Lipinski definition) is 1. The number of benzene rings is 1. The summed E-state index contributed by atoms with van der Waals surface area (Å²) in [4.78, 5) is 11.3. The molecule has 0 heterocycles. The maximum Gasteiger partial charge on any atom is 0.240 e. The first-order valence-corrected chi connectivity index (χ1v) is 6.46. The Bertz CT molecular complexity index is 470. The first-order valence-electron chi connectivity index (χ1n) is 4.61. The highest BCUT2D eigenvalue weighted by Gasteiger charge is 2.28. The van der Waals surface area contributed by atoms with Crippen LogP contribution in [0, 0.1) is 0 Å². The minimum absolute atomic E-state index is 0.558. The molecule has 0 spiro atoms. The average molecular weight is 242 g/mol. The summed E-state index contributed by atoms with van der Waals surface area (Å²) in [5.41, 5.74) is 5.78. The lowest BCUT2D eigenvalue weighted by Crippen LogP contribution is -2.38. The van der Waals surface area contributed by atoms with E-state index in [2.05, 4.69) is 0 Å². The van der Waals surface area contributed by atoms with Crippen LogP contribution in [0.2, 0.25) is 0 Å². The van der Waals surface area contributed by atoms with Gasteiger partial charge in [-0.15, -0.1) is 0 Å². The molecule has 0 aliphatic heterocycles. The molecule has 0 aromatic heterocycles. The normalized spacial score (nSPS) is 13.7. The first kappa shape index (κ1) is 12.7. The molecule has 5 nitrogen and oxygen atoms in total. The highest BCUT2D eigenvalue weighted by atomic mass is 32.2. The molecule has 0 radical (unpaired) electrons. The fourth-order valence-corrected chi connectivity index (χ4v) is 1.99. The Labute approximate surface area is 94.9 Å². The Balaban J connectivity index is 3.17. The van der Waals surface area contributed by atoms with Crippen molar-refractivity contribution >= 4 is 15.9 Å². The zero-order valence-corrected chi connectivity index (χ0v) is 9.94. The number of nitrogens with two attached hydrogens (primary N) is 1. The van der Waals surface area contributed by atoms with Gasteiger partial charge in [-0.1, -0.05) is 30.3 Å². The van der Waals surface area contributed by atoms with Crippen LogP contribution in [-0.2, 0) is 14.8 Å². The highest BCUT2D eigenvalue weighted by Crippen LogP contribution is 2.20. The predicted molar refractivity (Wildman–Crippen MR) is 61.0 cm³/mol. The lowest BCUT2D eigenvalue weighted by molar-refractivity contribution is -0.121. The molecule has 2 N–H and O–H groups in total. The van der Waals surface area contributed by atoms with Gasteiger partial charge in [0, 0.05) is 7.05 Å². The van der Waals surface area contributed by atoms with Crippen LogP contribution in [0.25, 0.3) is 0 Å². The summed E-state index contributed by atoms with van der Waals surface area (Å²) in [6.07, 6.45) is 1.03. The van der Waals surface area contributed by atoms with Gasteiger partial charge >= 0.3 is 0 Å². The molecule has 1 atom stereocenters. The molecule has 0 bridgehead atoms. The number of carbonyl (C=O) groups excluding carboxylic acids is 1. The molecule has 0 unspecified atom stereocenters. The van der Waals surface area contributed by atoms with Gasteiger partial charge in [-0.2, -0.15) is 4.31 Å². The lowest BCUT2D eigenvalue weighted by atomic mass is 10.1. The maximum atomic E-state index is 11.4. The van der Waals surface area contributed by atoms with Crippen molar-refractivity contribution in [1.29, 1.82) is 0 Å². The molecular formula is C10H14N2O3S. The molecule has 16 heavy (non-hydrogen) atoms. The molecule has 1 rings (SSSR count). The van der Waals surface area contributed by atoms with Crippen LogP contribution in [0.5, 0.6) is 0 Å². The van der Waals surface area contributed by atoms with E-state index in [1.807, 2.05) is 0 Å². The molecule has 0 aliphatic carbocycles. The fraction of sp³-hybridized carbons (Fsp3) is 0.300. The first-order chi connectivity index (χ1) is 7.34. The second kappa shape index (κ2) is 4.63. The Hall–Kier alpha value is -1.40. The zero-order valence-electron chi connectivity index (χ0n) is 9.12. The Kier molecular flexibility index (Phi) is 3.66. The number of hydrogen-bond acceptors (Lipinski definition) is 3. The number of likely N-dealkylation sites (N-methyl/N-ethyl adjacent to an activating group) is 1. The van der Waals surface area contributed by atoms with Crippen LogP contribution < -0.4 is 5.73 Å². The van der Waals surface area contributed by atoms with E-state index in [1.54, 1.807) is 30.3 Å². The van der Waals surface area contributed by atoms with Crippen molar-refractivity contribution in [2.45, 2.75) is 6.04 Å². The van der Waals surface area contributed by atoms with Crippen molar-refractivity contribution in [3.63, 3.8) is 0 Å². The van der Waals surface area contributed by atoms with Crippen molar-refractivity contribution in [1.82, 2.24) is 4.31 Å². The van der Waals surface area contributed by atoms with Gasteiger partial charge in [-0.25, -0.2) is 8.42 Å². The van der Waals surface area contributed by atoms with E-state index in [-0.39, 0.29) is 0 Å². The summed E-state index contributed by atoms with van der Waals surface area (Å²) in [5, 5.41) is 0. The van der Waals surface area contributed by atoms with Crippen molar-refractivity contribution in [3.05, 3.63) is 35.9 Å². The average Bonchev–Trinajstić information content (AvgIpc) is 2.17. The van der Waals surface area contributed by atoms with E-state index in [4.69, 9.17) is 5.73 Å². The molecule has 1 aromatic rings. The molecule has 0 saturated carbocycles. The van der Waals surface area contributed by atoms with Crippen molar-refractivity contribution in [3.8, 4) is 0 Å².